The van der Waals surface area contributed by atoms with Crippen LogP contribution in [-0.2, 0) is 4.79 Å². The topological polar surface area (TPSA) is 42.0 Å². The summed E-state index contributed by atoms with van der Waals surface area (Å²) in [7, 11) is 0. The van der Waals surface area contributed by atoms with Crippen LogP contribution in [0.3, 0.4) is 0 Å². The number of hydrogen-bond donors (Lipinski definition) is 1. The third-order valence-electron chi connectivity index (χ3n) is 3.46. The number of anilines is 1. The highest BCUT2D eigenvalue weighted by Crippen LogP contribution is 2.37. The molecule has 0 aliphatic heterocycles. The van der Waals surface area contributed by atoms with Gasteiger partial charge in [-0.1, -0.05) is 46.9 Å². The van der Waals surface area contributed by atoms with Gasteiger partial charge in [0, 0.05) is 21.1 Å². The molecule has 2 aromatic carbocycles. The Bertz CT molecular complexity index is 884. The molecule has 0 saturated heterocycles. The van der Waals surface area contributed by atoms with Crippen LogP contribution in [0.25, 0.3) is 0 Å². The number of amides is 1. The standard InChI is InChI=1S/C19H13Cl3N2OS/c20-13-3-1-12(2-4-13)18(26-16-8-5-14(21)6-9-16)19(25)24-17-10-7-15(22)11-23-17/h1-11,18H,(H,23,24,25). The highest BCUT2D eigenvalue weighted by molar-refractivity contribution is 8.00. The van der Waals surface area contributed by atoms with Crippen LogP contribution in [0.1, 0.15) is 10.8 Å². The van der Waals surface area contributed by atoms with Gasteiger partial charge in [-0.15, -0.1) is 11.8 Å². The van der Waals surface area contributed by atoms with Gasteiger partial charge >= 0.3 is 0 Å². The average Bonchev–Trinajstić information content (AvgIpc) is 2.64. The summed E-state index contributed by atoms with van der Waals surface area (Å²) in [5.41, 5.74) is 0.834. The zero-order valence-corrected chi connectivity index (χ0v) is 16.4. The zero-order valence-electron chi connectivity index (χ0n) is 13.3. The molecule has 7 heteroatoms. The van der Waals surface area contributed by atoms with E-state index in [1.54, 1.807) is 36.4 Å². The molecule has 132 valence electrons. The van der Waals surface area contributed by atoms with E-state index in [0.717, 1.165) is 10.5 Å². The molecule has 3 aromatic rings. The Morgan fingerprint density at radius 1 is 0.846 bits per heavy atom. The first kappa shape index (κ1) is 19.1. The molecular formula is C19H13Cl3N2OS. The Morgan fingerprint density at radius 3 is 2.00 bits per heavy atom. The second-order valence-electron chi connectivity index (χ2n) is 5.35. The SMILES string of the molecule is O=C(Nc1ccc(Cl)cn1)C(Sc1ccc(Cl)cc1)c1ccc(Cl)cc1. The van der Waals surface area contributed by atoms with E-state index < -0.39 is 5.25 Å². The van der Waals surface area contributed by atoms with Gasteiger partial charge in [0.2, 0.25) is 5.91 Å². The van der Waals surface area contributed by atoms with Gasteiger partial charge in [-0.05, 0) is 54.1 Å². The number of aromatic nitrogens is 1. The maximum Gasteiger partial charge on any atom is 0.243 e. The molecule has 1 N–H and O–H groups in total. The van der Waals surface area contributed by atoms with Crippen LogP contribution in [0, 0.1) is 0 Å². The van der Waals surface area contributed by atoms with Crippen LogP contribution in [0.4, 0.5) is 5.82 Å². The van der Waals surface area contributed by atoms with Crippen molar-refractivity contribution in [2.45, 2.75) is 10.1 Å². The highest BCUT2D eigenvalue weighted by atomic mass is 35.5. The smallest absolute Gasteiger partial charge is 0.243 e. The van der Waals surface area contributed by atoms with E-state index in [0.29, 0.717) is 20.9 Å². The van der Waals surface area contributed by atoms with E-state index in [1.807, 2.05) is 24.3 Å². The Hall–Kier alpha value is -1.72. The quantitative estimate of drug-likeness (QED) is 0.475. The second-order valence-corrected chi connectivity index (χ2v) is 7.84. The molecule has 0 spiro atoms. The van der Waals surface area contributed by atoms with E-state index in [2.05, 4.69) is 10.3 Å². The summed E-state index contributed by atoms with van der Waals surface area (Å²) < 4.78 is 0. The minimum absolute atomic E-state index is 0.193. The Balaban J connectivity index is 1.85. The zero-order chi connectivity index (χ0) is 18.5. The number of carbonyl (C=O) groups is 1. The largest absolute Gasteiger partial charge is 0.309 e. The lowest BCUT2D eigenvalue weighted by atomic mass is 10.1. The van der Waals surface area contributed by atoms with Crippen molar-refractivity contribution in [3.63, 3.8) is 0 Å². The molecule has 1 atom stereocenters. The maximum absolute atomic E-state index is 12.9. The van der Waals surface area contributed by atoms with E-state index in [9.17, 15) is 4.79 Å². The number of rotatable bonds is 5. The maximum atomic E-state index is 12.9. The van der Waals surface area contributed by atoms with Crippen molar-refractivity contribution in [1.29, 1.82) is 0 Å². The third-order valence-corrected chi connectivity index (χ3v) is 5.45. The van der Waals surface area contributed by atoms with Crippen molar-refractivity contribution >= 4 is 58.3 Å². The van der Waals surface area contributed by atoms with Crippen LogP contribution in [0.15, 0.2) is 71.8 Å². The van der Waals surface area contributed by atoms with Crippen molar-refractivity contribution in [3.05, 3.63) is 87.5 Å². The number of benzene rings is 2. The van der Waals surface area contributed by atoms with Crippen molar-refractivity contribution in [2.24, 2.45) is 0 Å². The van der Waals surface area contributed by atoms with Gasteiger partial charge in [0.25, 0.3) is 0 Å². The highest BCUT2D eigenvalue weighted by Gasteiger charge is 2.22. The molecule has 1 aromatic heterocycles. The molecule has 0 radical (unpaired) electrons. The van der Waals surface area contributed by atoms with E-state index in [-0.39, 0.29) is 5.91 Å². The first-order valence-electron chi connectivity index (χ1n) is 7.61. The summed E-state index contributed by atoms with van der Waals surface area (Å²) in [5, 5.41) is 4.11. The predicted octanol–water partition coefficient (Wildman–Crippen LogP) is 6.51. The molecule has 26 heavy (non-hydrogen) atoms. The summed E-state index contributed by atoms with van der Waals surface area (Å²) in [6.07, 6.45) is 1.49. The van der Waals surface area contributed by atoms with Crippen molar-refractivity contribution in [1.82, 2.24) is 4.98 Å². The Morgan fingerprint density at radius 2 is 1.42 bits per heavy atom. The van der Waals surface area contributed by atoms with Crippen molar-refractivity contribution < 1.29 is 4.79 Å². The summed E-state index contributed by atoms with van der Waals surface area (Å²) in [6, 6.07) is 17.9. The number of halogens is 3. The van der Waals surface area contributed by atoms with Crippen LogP contribution >= 0.6 is 46.6 Å². The van der Waals surface area contributed by atoms with E-state index >= 15 is 0 Å². The monoisotopic (exact) mass is 422 g/mol. The fourth-order valence-electron chi connectivity index (χ4n) is 2.20. The molecule has 3 nitrogen and oxygen atoms in total. The van der Waals surface area contributed by atoms with Crippen molar-refractivity contribution in [3.8, 4) is 0 Å². The lowest BCUT2D eigenvalue weighted by Gasteiger charge is -2.17. The van der Waals surface area contributed by atoms with Crippen LogP contribution in [0.5, 0.6) is 0 Å². The number of pyridine rings is 1. The van der Waals surface area contributed by atoms with Crippen LogP contribution in [-0.4, -0.2) is 10.9 Å². The molecule has 0 aliphatic carbocycles. The summed E-state index contributed by atoms with van der Waals surface area (Å²) in [6.45, 7) is 0. The number of nitrogens with one attached hydrogen (secondary N) is 1. The van der Waals surface area contributed by atoms with Gasteiger partial charge < -0.3 is 5.32 Å². The molecule has 1 unspecified atom stereocenters. The first-order chi connectivity index (χ1) is 12.5. The molecule has 1 heterocycles. The third kappa shape index (κ3) is 5.15. The molecule has 1 amide bonds. The minimum atomic E-state index is -0.481. The van der Waals surface area contributed by atoms with Gasteiger partial charge in [-0.3, -0.25) is 4.79 Å². The number of thioether (sulfide) groups is 1. The molecular weight excluding hydrogens is 411 g/mol. The van der Waals surface area contributed by atoms with Crippen LogP contribution < -0.4 is 5.32 Å². The molecule has 3 rings (SSSR count). The lowest BCUT2D eigenvalue weighted by Crippen LogP contribution is -2.19. The van der Waals surface area contributed by atoms with Crippen molar-refractivity contribution in [2.75, 3.05) is 5.32 Å². The van der Waals surface area contributed by atoms with Gasteiger partial charge in [0.05, 0.1) is 5.02 Å². The second kappa shape index (κ2) is 8.78. The van der Waals surface area contributed by atoms with Gasteiger partial charge in [0.15, 0.2) is 0 Å². The number of nitrogens with zero attached hydrogens (tertiary/aromatic N) is 1. The van der Waals surface area contributed by atoms with Gasteiger partial charge in [-0.25, -0.2) is 4.98 Å². The number of hydrogen-bond acceptors (Lipinski definition) is 3. The van der Waals surface area contributed by atoms with E-state index in [1.165, 1.54) is 18.0 Å². The molecule has 0 fully saturated rings. The predicted molar refractivity (Wildman–Crippen MR) is 109 cm³/mol. The fraction of sp³-hybridized carbons (Fsp3) is 0.0526. The Labute approximate surface area is 170 Å². The molecule has 0 bridgehead atoms. The molecule has 0 saturated carbocycles. The normalized spacial score (nSPS) is 11.8. The van der Waals surface area contributed by atoms with Gasteiger partial charge in [0.1, 0.15) is 11.1 Å². The summed E-state index contributed by atoms with van der Waals surface area (Å²) in [5.74, 6) is 0.247. The van der Waals surface area contributed by atoms with E-state index in [4.69, 9.17) is 34.8 Å². The minimum Gasteiger partial charge on any atom is -0.309 e. The summed E-state index contributed by atoms with van der Waals surface area (Å²) >= 11 is 19.2. The van der Waals surface area contributed by atoms with Crippen LogP contribution in [0.2, 0.25) is 15.1 Å². The van der Waals surface area contributed by atoms with Gasteiger partial charge in [-0.2, -0.15) is 0 Å². The average molecular weight is 424 g/mol. The first-order valence-corrected chi connectivity index (χ1v) is 9.63. The summed E-state index contributed by atoms with van der Waals surface area (Å²) in [4.78, 5) is 17.9. The lowest BCUT2D eigenvalue weighted by molar-refractivity contribution is -0.115. The number of carbonyl (C=O) groups excluding carboxylic acids is 1. The molecule has 0 aliphatic rings. The Kier molecular flexibility index (Phi) is 6.43. The fourth-order valence-corrected chi connectivity index (χ4v) is 3.59.